The van der Waals surface area contributed by atoms with Gasteiger partial charge in [-0.3, -0.25) is 0 Å². The van der Waals surface area contributed by atoms with Crippen LogP contribution in [0.4, 0.5) is 0 Å². The first-order chi connectivity index (χ1) is 10.1. The largest absolute Gasteiger partial charge is 0.487 e. The van der Waals surface area contributed by atoms with Crippen LogP contribution in [0.3, 0.4) is 0 Å². The molecule has 1 aliphatic carbocycles. The zero-order chi connectivity index (χ0) is 14.7. The predicted molar refractivity (Wildman–Crippen MR) is 87.8 cm³/mol. The molecule has 0 aromatic heterocycles. The maximum atomic E-state index is 6.13. The second-order valence-corrected chi connectivity index (χ2v) is 7.41. The van der Waals surface area contributed by atoms with Gasteiger partial charge >= 0.3 is 0 Å². The second kappa shape index (κ2) is 6.39. The molecule has 21 heavy (non-hydrogen) atoms. The number of nitrogens with one attached hydrogen (secondary N) is 1. The molecular formula is C19H29NO. The van der Waals surface area contributed by atoms with Gasteiger partial charge in [0.2, 0.25) is 0 Å². The van der Waals surface area contributed by atoms with Crippen LogP contribution in [0.2, 0.25) is 0 Å². The molecule has 1 saturated carbocycles. The van der Waals surface area contributed by atoms with Crippen LogP contribution in [0.5, 0.6) is 5.75 Å². The van der Waals surface area contributed by atoms with E-state index in [-0.39, 0.29) is 5.60 Å². The van der Waals surface area contributed by atoms with Crippen molar-refractivity contribution in [3.63, 3.8) is 0 Å². The van der Waals surface area contributed by atoms with Gasteiger partial charge in [0, 0.05) is 18.5 Å². The molecule has 1 heterocycles. The molecule has 1 aliphatic heterocycles. The van der Waals surface area contributed by atoms with Crippen molar-refractivity contribution >= 4 is 0 Å². The molecule has 0 unspecified atom stereocenters. The molecule has 0 bridgehead atoms. The highest BCUT2D eigenvalue weighted by atomic mass is 16.5. The van der Waals surface area contributed by atoms with Gasteiger partial charge in [-0.2, -0.15) is 0 Å². The minimum absolute atomic E-state index is 0.0411. The summed E-state index contributed by atoms with van der Waals surface area (Å²) < 4.78 is 6.13. The molecule has 0 spiro atoms. The minimum atomic E-state index is -0.0411. The average molecular weight is 287 g/mol. The molecule has 0 saturated heterocycles. The third-order valence-electron chi connectivity index (χ3n) is 4.94. The van der Waals surface area contributed by atoms with Gasteiger partial charge in [0.1, 0.15) is 11.4 Å². The van der Waals surface area contributed by atoms with Gasteiger partial charge in [0.05, 0.1) is 0 Å². The van der Waals surface area contributed by atoms with Crippen LogP contribution >= 0.6 is 0 Å². The van der Waals surface area contributed by atoms with Crippen LogP contribution in [0.15, 0.2) is 18.2 Å². The Hall–Kier alpha value is -1.02. The summed E-state index contributed by atoms with van der Waals surface area (Å²) in [6.07, 6.45) is 9.59. The van der Waals surface area contributed by atoms with Gasteiger partial charge in [0.25, 0.3) is 0 Å². The van der Waals surface area contributed by atoms with Gasteiger partial charge < -0.3 is 10.1 Å². The summed E-state index contributed by atoms with van der Waals surface area (Å²) in [6.45, 7) is 6.42. The van der Waals surface area contributed by atoms with Crippen LogP contribution in [0, 0.1) is 5.92 Å². The minimum Gasteiger partial charge on any atom is -0.487 e. The summed E-state index contributed by atoms with van der Waals surface area (Å²) in [5, 5.41) is 3.63. The lowest BCUT2D eigenvalue weighted by molar-refractivity contribution is 0.137. The first kappa shape index (κ1) is 14.9. The molecule has 1 fully saturated rings. The molecule has 1 N–H and O–H groups in total. The second-order valence-electron chi connectivity index (χ2n) is 7.41. The highest BCUT2D eigenvalue weighted by Crippen LogP contribution is 2.37. The molecule has 0 amide bonds. The molecule has 2 nitrogen and oxygen atoms in total. The van der Waals surface area contributed by atoms with Crippen molar-refractivity contribution in [1.82, 2.24) is 5.32 Å². The van der Waals surface area contributed by atoms with Crippen molar-refractivity contribution in [3.8, 4) is 5.75 Å². The Kier molecular flexibility index (Phi) is 4.54. The van der Waals surface area contributed by atoms with Crippen molar-refractivity contribution in [3.05, 3.63) is 29.3 Å². The standard InChI is InChI=1S/C19H29NO/c1-19(2)13-16-9-6-10-17(18(16)21-19)14-20-12-11-15-7-4-3-5-8-15/h6,9-10,15,20H,3-5,7-8,11-14H2,1-2H3. The van der Waals surface area contributed by atoms with Gasteiger partial charge in [-0.25, -0.2) is 0 Å². The van der Waals surface area contributed by atoms with E-state index in [1.807, 2.05) is 0 Å². The molecule has 0 atom stereocenters. The predicted octanol–water partition coefficient (Wildman–Crippen LogP) is 4.46. The Morgan fingerprint density at radius 2 is 2.00 bits per heavy atom. The lowest BCUT2D eigenvalue weighted by atomic mass is 9.87. The summed E-state index contributed by atoms with van der Waals surface area (Å²) in [5.41, 5.74) is 2.65. The molecule has 2 aliphatic rings. The summed E-state index contributed by atoms with van der Waals surface area (Å²) >= 11 is 0. The number of fused-ring (bicyclic) bond motifs is 1. The van der Waals surface area contributed by atoms with Crippen molar-refractivity contribution in [2.24, 2.45) is 5.92 Å². The molecule has 1 aromatic carbocycles. The van der Waals surface area contributed by atoms with Crippen LogP contribution in [0.1, 0.15) is 63.5 Å². The van der Waals surface area contributed by atoms with E-state index in [2.05, 4.69) is 37.4 Å². The van der Waals surface area contributed by atoms with E-state index >= 15 is 0 Å². The number of ether oxygens (including phenoxy) is 1. The van der Waals surface area contributed by atoms with E-state index in [0.717, 1.165) is 31.2 Å². The number of para-hydroxylation sites is 1. The smallest absolute Gasteiger partial charge is 0.127 e. The Morgan fingerprint density at radius 1 is 1.19 bits per heavy atom. The zero-order valence-electron chi connectivity index (χ0n) is 13.6. The Balaban J connectivity index is 1.49. The van der Waals surface area contributed by atoms with Gasteiger partial charge in [0.15, 0.2) is 0 Å². The van der Waals surface area contributed by atoms with E-state index in [0.29, 0.717) is 0 Å². The molecule has 3 rings (SSSR count). The van der Waals surface area contributed by atoms with Gasteiger partial charge in [-0.05, 0) is 38.3 Å². The number of benzene rings is 1. The molecular weight excluding hydrogens is 258 g/mol. The third kappa shape index (κ3) is 3.79. The fraction of sp³-hybridized carbons (Fsp3) is 0.684. The van der Waals surface area contributed by atoms with Gasteiger partial charge in [-0.15, -0.1) is 0 Å². The lowest BCUT2D eigenvalue weighted by Crippen LogP contribution is -2.25. The number of hydrogen-bond donors (Lipinski definition) is 1. The van der Waals surface area contributed by atoms with E-state index in [1.54, 1.807) is 0 Å². The molecule has 2 heteroatoms. The topological polar surface area (TPSA) is 21.3 Å². The van der Waals surface area contributed by atoms with E-state index in [4.69, 9.17) is 4.74 Å². The van der Waals surface area contributed by atoms with Crippen molar-refractivity contribution in [1.29, 1.82) is 0 Å². The zero-order valence-corrected chi connectivity index (χ0v) is 13.6. The van der Waals surface area contributed by atoms with E-state index < -0.39 is 0 Å². The highest BCUT2D eigenvalue weighted by molar-refractivity contribution is 5.45. The monoisotopic (exact) mass is 287 g/mol. The van der Waals surface area contributed by atoms with Gasteiger partial charge in [-0.1, -0.05) is 50.3 Å². The maximum absolute atomic E-state index is 6.13. The summed E-state index contributed by atoms with van der Waals surface area (Å²) in [7, 11) is 0. The van der Waals surface area contributed by atoms with Crippen LogP contribution in [0.25, 0.3) is 0 Å². The highest BCUT2D eigenvalue weighted by Gasteiger charge is 2.31. The van der Waals surface area contributed by atoms with E-state index in [1.165, 1.54) is 49.7 Å². The van der Waals surface area contributed by atoms with Crippen molar-refractivity contribution in [2.45, 2.75) is 70.9 Å². The van der Waals surface area contributed by atoms with E-state index in [9.17, 15) is 0 Å². The average Bonchev–Trinajstić information content (AvgIpc) is 2.79. The molecule has 116 valence electrons. The lowest BCUT2D eigenvalue weighted by Gasteiger charge is -2.21. The quantitative estimate of drug-likeness (QED) is 0.807. The maximum Gasteiger partial charge on any atom is 0.127 e. The first-order valence-electron chi connectivity index (χ1n) is 8.64. The SMILES string of the molecule is CC1(C)Cc2cccc(CNCCC3CCCCC3)c2O1. The third-order valence-corrected chi connectivity index (χ3v) is 4.94. The normalized spacial score (nSPS) is 21.0. The Labute approximate surface area is 129 Å². The molecule has 1 aromatic rings. The summed E-state index contributed by atoms with van der Waals surface area (Å²) in [4.78, 5) is 0. The number of hydrogen-bond acceptors (Lipinski definition) is 2. The fourth-order valence-corrected chi connectivity index (χ4v) is 3.82. The summed E-state index contributed by atoms with van der Waals surface area (Å²) in [5.74, 6) is 2.09. The first-order valence-corrected chi connectivity index (χ1v) is 8.64. The van der Waals surface area contributed by atoms with Crippen LogP contribution < -0.4 is 10.1 Å². The fourth-order valence-electron chi connectivity index (χ4n) is 3.82. The van der Waals surface area contributed by atoms with Crippen LogP contribution in [-0.4, -0.2) is 12.1 Å². The van der Waals surface area contributed by atoms with Crippen LogP contribution in [-0.2, 0) is 13.0 Å². The Morgan fingerprint density at radius 3 is 2.81 bits per heavy atom. The van der Waals surface area contributed by atoms with Crippen molar-refractivity contribution < 1.29 is 4.74 Å². The Bertz CT molecular complexity index is 474. The van der Waals surface area contributed by atoms with Crippen molar-refractivity contribution in [2.75, 3.05) is 6.54 Å². The summed E-state index contributed by atoms with van der Waals surface area (Å²) in [6, 6.07) is 6.57. The number of rotatable bonds is 5. The molecule has 0 radical (unpaired) electrons.